The van der Waals surface area contributed by atoms with Crippen molar-refractivity contribution in [1.29, 1.82) is 0 Å². The van der Waals surface area contributed by atoms with Gasteiger partial charge in [0.1, 0.15) is 0 Å². The lowest BCUT2D eigenvalue weighted by Gasteiger charge is -2.37. The van der Waals surface area contributed by atoms with Gasteiger partial charge in [0, 0.05) is 38.0 Å². The molecule has 1 saturated heterocycles. The predicted octanol–water partition coefficient (Wildman–Crippen LogP) is 1.58. The summed E-state index contributed by atoms with van der Waals surface area (Å²) in [5.74, 6) is 0.635. The van der Waals surface area contributed by atoms with Crippen molar-refractivity contribution in [3.63, 3.8) is 0 Å². The van der Waals surface area contributed by atoms with E-state index in [0.29, 0.717) is 32.2 Å². The zero-order chi connectivity index (χ0) is 20.7. The van der Waals surface area contributed by atoms with Gasteiger partial charge in [-0.3, -0.25) is 9.59 Å². The van der Waals surface area contributed by atoms with Gasteiger partial charge in [-0.05, 0) is 20.8 Å². The van der Waals surface area contributed by atoms with Crippen LogP contribution in [0.15, 0.2) is 0 Å². The number of amides is 1. The number of carbonyl (C=O) groups is 2. The summed E-state index contributed by atoms with van der Waals surface area (Å²) in [4.78, 5) is 27.3. The average molecular weight is 415 g/mol. The van der Waals surface area contributed by atoms with E-state index in [1.54, 1.807) is 4.90 Å². The third-order valence-electron chi connectivity index (χ3n) is 4.26. The van der Waals surface area contributed by atoms with E-state index in [1.165, 1.54) is 6.92 Å². The van der Waals surface area contributed by atoms with Gasteiger partial charge in [0.2, 0.25) is 5.82 Å². The smallest absolute Gasteiger partial charge is 0.303 e. The van der Waals surface area contributed by atoms with Gasteiger partial charge in [-0.2, -0.15) is 4.37 Å². The fourth-order valence-corrected chi connectivity index (χ4v) is 3.33. The Kier molecular flexibility index (Phi) is 7.99. The number of anilines is 1. The Morgan fingerprint density at radius 1 is 1.29 bits per heavy atom. The summed E-state index contributed by atoms with van der Waals surface area (Å²) in [6.07, 6.45) is 0. The number of rotatable bonds is 8. The number of nitrogens with zero attached hydrogens (tertiary/aromatic N) is 4. The Labute approximate surface area is 170 Å². The van der Waals surface area contributed by atoms with Crippen LogP contribution < -0.4 is 9.64 Å². The van der Waals surface area contributed by atoms with Crippen LogP contribution in [0.5, 0.6) is 5.88 Å². The minimum Gasteiger partial charge on any atom is -0.474 e. The van der Waals surface area contributed by atoms with E-state index in [1.807, 2.05) is 27.7 Å². The lowest BCUT2D eigenvalue weighted by atomic mass is 10.0. The van der Waals surface area contributed by atoms with Crippen molar-refractivity contribution < 1.29 is 23.8 Å². The van der Waals surface area contributed by atoms with Gasteiger partial charge < -0.3 is 24.0 Å². The molecular weight excluding hydrogens is 384 g/mol. The summed E-state index contributed by atoms with van der Waals surface area (Å²) in [7, 11) is 0. The van der Waals surface area contributed by atoms with Crippen molar-refractivity contribution in [2.45, 2.75) is 40.2 Å². The van der Waals surface area contributed by atoms with E-state index in [0.717, 1.165) is 30.6 Å². The SMILES string of the molecule is CC(=O)OCC(=O)N(C[C@H](C)COc1nsnc1N1CCOCC1)C(C)(C)C. The van der Waals surface area contributed by atoms with Gasteiger partial charge in [0.25, 0.3) is 11.8 Å². The second kappa shape index (κ2) is 10.0. The summed E-state index contributed by atoms with van der Waals surface area (Å²) in [6, 6.07) is 0. The first-order chi connectivity index (χ1) is 13.2. The molecule has 1 aliphatic heterocycles. The minimum absolute atomic E-state index is 0.0553. The zero-order valence-electron chi connectivity index (χ0n) is 17.3. The molecule has 1 aliphatic rings. The third kappa shape index (κ3) is 6.59. The van der Waals surface area contributed by atoms with Gasteiger partial charge in [-0.15, -0.1) is 4.37 Å². The highest BCUT2D eigenvalue weighted by molar-refractivity contribution is 6.99. The first kappa shape index (κ1) is 22.4. The van der Waals surface area contributed by atoms with E-state index in [2.05, 4.69) is 13.6 Å². The Bertz CT molecular complexity index is 655. The number of ether oxygens (including phenoxy) is 3. The topological polar surface area (TPSA) is 94.1 Å². The number of morpholine rings is 1. The minimum atomic E-state index is -0.467. The van der Waals surface area contributed by atoms with Crippen LogP contribution in [0.4, 0.5) is 5.82 Å². The van der Waals surface area contributed by atoms with Crippen LogP contribution in [-0.4, -0.2) is 77.1 Å². The molecule has 0 unspecified atom stereocenters. The fraction of sp³-hybridized carbons (Fsp3) is 0.778. The van der Waals surface area contributed by atoms with Gasteiger partial charge in [-0.25, -0.2) is 0 Å². The predicted molar refractivity (Wildman–Crippen MR) is 106 cm³/mol. The van der Waals surface area contributed by atoms with Crippen LogP contribution in [0.25, 0.3) is 0 Å². The number of esters is 1. The normalized spacial score (nSPS) is 15.8. The first-order valence-electron chi connectivity index (χ1n) is 9.40. The molecule has 0 radical (unpaired) electrons. The number of hydrogen-bond acceptors (Lipinski definition) is 9. The van der Waals surface area contributed by atoms with E-state index < -0.39 is 11.5 Å². The van der Waals surface area contributed by atoms with E-state index in [-0.39, 0.29) is 18.4 Å². The summed E-state index contributed by atoms with van der Waals surface area (Å²) in [5, 5.41) is 0. The fourth-order valence-electron chi connectivity index (χ4n) is 2.81. The molecule has 0 spiro atoms. The summed E-state index contributed by atoms with van der Waals surface area (Å²) >= 11 is 1.12. The molecule has 1 atom stereocenters. The maximum Gasteiger partial charge on any atom is 0.303 e. The number of carbonyl (C=O) groups excluding carboxylic acids is 2. The maximum atomic E-state index is 12.5. The van der Waals surface area contributed by atoms with Crippen LogP contribution in [0.2, 0.25) is 0 Å². The van der Waals surface area contributed by atoms with Gasteiger partial charge in [0.05, 0.1) is 31.5 Å². The van der Waals surface area contributed by atoms with Crippen LogP contribution in [0, 0.1) is 5.92 Å². The van der Waals surface area contributed by atoms with E-state index in [9.17, 15) is 9.59 Å². The Morgan fingerprint density at radius 2 is 1.96 bits per heavy atom. The van der Waals surface area contributed by atoms with E-state index >= 15 is 0 Å². The highest BCUT2D eigenvalue weighted by Gasteiger charge is 2.29. The van der Waals surface area contributed by atoms with Crippen LogP contribution in [0.1, 0.15) is 34.6 Å². The van der Waals surface area contributed by atoms with Crippen LogP contribution in [-0.2, 0) is 19.1 Å². The van der Waals surface area contributed by atoms with Crippen molar-refractivity contribution in [3.8, 4) is 5.88 Å². The number of aromatic nitrogens is 2. The van der Waals surface area contributed by atoms with Crippen molar-refractivity contribution in [2.24, 2.45) is 5.92 Å². The highest BCUT2D eigenvalue weighted by atomic mass is 32.1. The molecule has 158 valence electrons. The molecular formula is C18H30N4O5S. The molecule has 2 rings (SSSR count). The molecule has 2 heterocycles. The largest absolute Gasteiger partial charge is 0.474 e. The summed E-state index contributed by atoms with van der Waals surface area (Å²) < 4.78 is 24.8. The average Bonchev–Trinajstić information content (AvgIpc) is 3.11. The quantitative estimate of drug-likeness (QED) is 0.592. The van der Waals surface area contributed by atoms with Gasteiger partial charge in [0.15, 0.2) is 6.61 Å². The van der Waals surface area contributed by atoms with E-state index in [4.69, 9.17) is 14.2 Å². The second-order valence-electron chi connectivity index (χ2n) is 7.86. The molecule has 1 aromatic rings. The lowest BCUT2D eigenvalue weighted by molar-refractivity contribution is -0.153. The lowest BCUT2D eigenvalue weighted by Crippen LogP contribution is -2.49. The monoisotopic (exact) mass is 414 g/mol. The molecule has 0 saturated carbocycles. The Morgan fingerprint density at radius 3 is 2.57 bits per heavy atom. The molecule has 1 aromatic heterocycles. The van der Waals surface area contributed by atoms with Gasteiger partial charge >= 0.3 is 5.97 Å². The molecule has 0 bridgehead atoms. The number of hydrogen-bond donors (Lipinski definition) is 0. The zero-order valence-corrected chi connectivity index (χ0v) is 18.1. The van der Waals surface area contributed by atoms with Crippen molar-refractivity contribution in [1.82, 2.24) is 13.6 Å². The molecule has 0 aromatic carbocycles. The Hall–Kier alpha value is -1.94. The molecule has 0 aliphatic carbocycles. The molecule has 1 fully saturated rings. The van der Waals surface area contributed by atoms with Crippen LogP contribution >= 0.6 is 11.7 Å². The summed E-state index contributed by atoms with van der Waals surface area (Å²) in [5.41, 5.74) is -0.396. The summed E-state index contributed by atoms with van der Waals surface area (Å²) in [6.45, 7) is 12.6. The Balaban J connectivity index is 1.92. The van der Waals surface area contributed by atoms with Crippen LogP contribution in [0.3, 0.4) is 0 Å². The highest BCUT2D eigenvalue weighted by Crippen LogP contribution is 2.27. The molecule has 28 heavy (non-hydrogen) atoms. The maximum absolute atomic E-state index is 12.5. The van der Waals surface area contributed by atoms with Gasteiger partial charge in [-0.1, -0.05) is 6.92 Å². The second-order valence-corrected chi connectivity index (χ2v) is 8.39. The molecule has 0 N–H and O–H groups in total. The standard InChI is InChI=1S/C18H30N4O5S/c1-13(10-22(18(3,4)5)15(24)12-26-14(2)23)11-27-17-16(19-28-20-17)21-6-8-25-9-7-21/h13H,6-12H2,1-5H3/t13-/m0/s1. The molecule has 1 amide bonds. The molecule has 9 nitrogen and oxygen atoms in total. The van der Waals surface area contributed by atoms with Crippen molar-refractivity contribution in [3.05, 3.63) is 0 Å². The van der Waals surface area contributed by atoms with Crippen molar-refractivity contribution in [2.75, 3.05) is 51.0 Å². The third-order valence-corrected chi connectivity index (χ3v) is 4.76. The first-order valence-corrected chi connectivity index (χ1v) is 10.1. The molecule has 10 heteroatoms. The van der Waals surface area contributed by atoms with Crippen molar-refractivity contribution >= 4 is 29.4 Å².